The van der Waals surface area contributed by atoms with E-state index in [4.69, 9.17) is 0 Å². The first-order chi connectivity index (χ1) is 13.0. The molecule has 2 aromatic rings. The molecule has 1 saturated heterocycles. The highest BCUT2D eigenvalue weighted by atomic mass is 35.5. The summed E-state index contributed by atoms with van der Waals surface area (Å²) in [5.41, 5.74) is 1.62. The third-order valence-electron chi connectivity index (χ3n) is 4.54. The van der Waals surface area contributed by atoms with Gasteiger partial charge in [0, 0.05) is 31.3 Å². The van der Waals surface area contributed by atoms with Crippen LogP contribution in [-0.2, 0) is 16.1 Å². The molecule has 1 fully saturated rings. The summed E-state index contributed by atoms with van der Waals surface area (Å²) in [6.07, 6.45) is -0.0158. The Bertz CT molecular complexity index is 863. The Morgan fingerprint density at radius 3 is 2.68 bits per heavy atom. The predicted molar refractivity (Wildman–Crippen MR) is 107 cm³/mol. The largest absolute Gasteiger partial charge is 0.325 e. The van der Waals surface area contributed by atoms with Crippen molar-refractivity contribution in [2.45, 2.75) is 19.9 Å². The lowest BCUT2D eigenvalue weighted by molar-refractivity contribution is -0.122. The Morgan fingerprint density at radius 2 is 1.96 bits per heavy atom. The Balaban J connectivity index is 0.00000280. The van der Waals surface area contributed by atoms with Crippen molar-refractivity contribution >= 4 is 35.6 Å². The second kappa shape index (κ2) is 9.61. The van der Waals surface area contributed by atoms with Crippen molar-refractivity contribution in [1.29, 1.82) is 0 Å². The average molecular weight is 410 g/mol. The van der Waals surface area contributed by atoms with Gasteiger partial charge in [-0.25, -0.2) is 8.78 Å². The number of benzene rings is 2. The van der Waals surface area contributed by atoms with Crippen molar-refractivity contribution in [3.05, 3.63) is 59.7 Å². The lowest BCUT2D eigenvalue weighted by Gasteiger charge is -2.18. The smallest absolute Gasteiger partial charge is 0.229 e. The van der Waals surface area contributed by atoms with Crippen LogP contribution >= 0.6 is 12.4 Å². The molecule has 1 aliphatic heterocycles. The van der Waals surface area contributed by atoms with Gasteiger partial charge in [-0.05, 0) is 30.3 Å². The molecule has 5 nitrogen and oxygen atoms in total. The Morgan fingerprint density at radius 1 is 1.21 bits per heavy atom. The van der Waals surface area contributed by atoms with E-state index < -0.39 is 17.6 Å². The van der Waals surface area contributed by atoms with Crippen molar-refractivity contribution in [1.82, 2.24) is 5.32 Å². The predicted octanol–water partition coefficient (Wildman–Crippen LogP) is 3.49. The monoisotopic (exact) mass is 409 g/mol. The van der Waals surface area contributed by atoms with E-state index in [0.717, 1.165) is 24.2 Å². The van der Waals surface area contributed by atoms with Crippen LogP contribution in [0.25, 0.3) is 0 Å². The van der Waals surface area contributed by atoms with E-state index in [-0.39, 0.29) is 42.9 Å². The number of carbonyl (C=O) groups excluding carboxylic acids is 2. The number of hydrogen-bond acceptors (Lipinski definition) is 3. The summed E-state index contributed by atoms with van der Waals surface area (Å²) in [4.78, 5) is 26.1. The molecule has 2 N–H and O–H groups in total. The van der Waals surface area contributed by atoms with Gasteiger partial charge in [0.1, 0.15) is 11.6 Å². The summed E-state index contributed by atoms with van der Waals surface area (Å²) in [7, 11) is 0. The van der Waals surface area contributed by atoms with Crippen LogP contribution in [0.1, 0.15) is 18.9 Å². The van der Waals surface area contributed by atoms with Gasteiger partial charge < -0.3 is 15.5 Å². The average Bonchev–Trinajstić information content (AvgIpc) is 3.03. The number of hydrogen-bond donors (Lipinski definition) is 2. The number of para-hydroxylation sites is 1. The molecule has 1 unspecified atom stereocenters. The molecule has 2 amide bonds. The van der Waals surface area contributed by atoms with Crippen molar-refractivity contribution in [2.75, 3.05) is 23.3 Å². The van der Waals surface area contributed by atoms with Crippen molar-refractivity contribution in [3.8, 4) is 0 Å². The highest BCUT2D eigenvalue weighted by Gasteiger charge is 2.36. The number of rotatable bonds is 6. The number of nitrogens with one attached hydrogen (secondary N) is 2. The number of carbonyl (C=O) groups is 2. The van der Waals surface area contributed by atoms with Gasteiger partial charge in [-0.15, -0.1) is 12.4 Å². The van der Waals surface area contributed by atoms with Gasteiger partial charge in [-0.3, -0.25) is 9.59 Å². The van der Waals surface area contributed by atoms with Crippen LogP contribution in [-0.4, -0.2) is 24.9 Å². The summed E-state index contributed by atoms with van der Waals surface area (Å²) in [6, 6.07) is 10.5. The molecule has 3 rings (SSSR count). The highest BCUT2D eigenvalue weighted by molar-refractivity contribution is 6.03. The minimum absolute atomic E-state index is 0. The van der Waals surface area contributed by atoms with Crippen LogP contribution in [0.15, 0.2) is 42.5 Å². The van der Waals surface area contributed by atoms with E-state index in [1.807, 2.05) is 25.1 Å². The molecule has 2 aromatic carbocycles. The van der Waals surface area contributed by atoms with Crippen LogP contribution in [0.2, 0.25) is 0 Å². The van der Waals surface area contributed by atoms with E-state index in [1.54, 1.807) is 6.07 Å². The van der Waals surface area contributed by atoms with Crippen LogP contribution in [0, 0.1) is 17.6 Å². The zero-order chi connectivity index (χ0) is 19.4. The first-order valence-corrected chi connectivity index (χ1v) is 8.84. The quantitative estimate of drug-likeness (QED) is 0.767. The van der Waals surface area contributed by atoms with Crippen LogP contribution in [0.4, 0.5) is 20.2 Å². The van der Waals surface area contributed by atoms with Crippen molar-refractivity contribution in [3.63, 3.8) is 0 Å². The fourth-order valence-electron chi connectivity index (χ4n) is 3.11. The zero-order valence-corrected chi connectivity index (χ0v) is 16.2. The van der Waals surface area contributed by atoms with Gasteiger partial charge in [0.15, 0.2) is 0 Å². The minimum atomic E-state index is -0.819. The van der Waals surface area contributed by atoms with E-state index >= 15 is 0 Å². The molecule has 0 spiro atoms. The second-order valence-corrected chi connectivity index (χ2v) is 6.43. The molecule has 150 valence electrons. The maximum absolute atomic E-state index is 14.0. The van der Waals surface area contributed by atoms with E-state index in [9.17, 15) is 18.4 Å². The standard InChI is InChI=1S/C20H21F2N3O2.ClH/c1-2-23-11-13-5-3-4-6-17(13)24-20(27)14-9-19(26)25(12-14)18-8-7-15(21)10-16(18)22;/h3-8,10,14,23H,2,9,11-12H2,1H3,(H,24,27);1H. The fourth-order valence-corrected chi connectivity index (χ4v) is 3.11. The van der Waals surface area contributed by atoms with Crippen LogP contribution in [0.5, 0.6) is 0 Å². The molecule has 8 heteroatoms. The van der Waals surface area contributed by atoms with Crippen molar-refractivity contribution < 1.29 is 18.4 Å². The maximum Gasteiger partial charge on any atom is 0.229 e. The summed E-state index contributed by atoms with van der Waals surface area (Å²) in [5, 5.41) is 6.07. The molecular formula is C20H22ClF2N3O2. The summed E-state index contributed by atoms with van der Waals surface area (Å²) < 4.78 is 27.1. The van der Waals surface area contributed by atoms with Crippen molar-refractivity contribution in [2.24, 2.45) is 5.92 Å². The van der Waals surface area contributed by atoms with E-state index in [2.05, 4.69) is 10.6 Å². The third-order valence-corrected chi connectivity index (χ3v) is 4.54. The second-order valence-electron chi connectivity index (χ2n) is 6.43. The van der Waals surface area contributed by atoms with Gasteiger partial charge in [0.2, 0.25) is 11.8 Å². The fraction of sp³-hybridized carbons (Fsp3) is 0.300. The summed E-state index contributed by atoms with van der Waals surface area (Å²) >= 11 is 0. The molecule has 0 bridgehead atoms. The molecule has 0 saturated carbocycles. The third kappa shape index (κ3) is 4.85. The van der Waals surface area contributed by atoms with Gasteiger partial charge in [0.05, 0.1) is 11.6 Å². The Hall–Kier alpha value is -2.51. The molecule has 1 aliphatic rings. The molecule has 28 heavy (non-hydrogen) atoms. The summed E-state index contributed by atoms with van der Waals surface area (Å²) in [6.45, 7) is 3.47. The number of anilines is 2. The SMILES string of the molecule is CCNCc1ccccc1NC(=O)C1CC(=O)N(c2ccc(F)cc2F)C1.Cl. The lowest BCUT2D eigenvalue weighted by atomic mass is 10.1. The number of nitrogens with zero attached hydrogens (tertiary/aromatic N) is 1. The van der Waals surface area contributed by atoms with Crippen LogP contribution < -0.4 is 15.5 Å². The molecule has 1 heterocycles. The first kappa shape index (κ1) is 21.8. The molecule has 0 aromatic heterocycles. The minimum Gasteiger partial charge on any atom is -0.325 e. The van der Waals surface area contributed by atoms with Crippen LogP contribution in [0.3, 0.4) is 0 Å². The molecule has 0 aliphatic carbocycles. The zero-order valence-electron chi connectivity index (χ0n) is 15.4. The molecule has 0 radical (unpaired) electrons. The maximum atomic E-state index is 14.0. The molecular weight excluding hydrogens is 388 g/mol. The van der Waals surface area contributed by atoms with E-state index in [0.29, 0.717) is 12.2 Å². The number of amides is 2. The topological polar surface area (TPSA) is 61.4 Å². The van der Waals surface area contributed by atoms with Gasteiger partial charge in [-0.2, -0.15) is 0 Å². The van der Waals surface area contributed by atoms with Gasteiger partial charge >= 0.3 is 0 Å². The van der Waals surface area contributed by atoms with Gasteiger partial charge in [-0.1, -0.05) is 25.1 Å². The Labute approximate surface area is 168 Å². The molecule has 1 atom stereocenters. The van der Waals surface area contributed by atoms with Gasteiger partial charge in [0.25, 0.3) is 0 Å². The summed E-state index contributed by atoms with van der Waals surface area (Å²) in [5.74, 6) is -2.79. The first-order valence-electron chi connectivity index (χ1n) is 8.84. The Kier molecular flexibility index (Phi) is 7.48. The number of halogens is 3. The normalized spacial score (nSPS) is 16.0. The van der Waals surface area contributed by atoms with E-state index in [1.165, 1.54) is 11.0 Å². The lowest BCUT2D eigenvalue weighted by Crippen LogP contribution is -2.29. The highest BCUT2D eigenvalue weighted by Crippen LogP contribution is 2.29.